The van der Waals surface area contributed by atoms with Crippen molar-refractivity contribution in [2.24, 2.45) is 0 Å². The molecule has 6 nitrogen and oxygen atoms in total. The maximum atomic E-state index is 10.9. The lowest BCUT2D eigenvalue weighted by Gasteiger charge is -2.04. The first-order valence-electron chi connectivity index (χ1n) is 5.50. The number of benzene rings is 1. The fourth-order valence-corrected chi connectivity index (χ4v) is 2.14. The van der Waals surface area contributed by atoms with Crippen molar-refractivity contribution >= 4 is 15.5 Å². The van der Waals surface area contributed by atoms with E-state index in [0.29, 0.717) is 19.5 Å². The quantitative estimate of drug-likeness (QED) is 0.456. The second-order valence-electron chi connectivity index (χ2n) is 4.09. The molecule has 0 amide bonds. The van der Waals surface area contributed by atoms with E-state index in [-0.39, 0.29) is 11.4 Å². The van der Waals surface area contributed by atoms with Crippen molar-refractivity contribution in [3.05, 3.63) is 39.9 Å². The van der Waals surface area contributed by atoms with Crippen LogP contribution >= 0.6 is 0 Å². The summed E-state index contributed by atoms with van der Waals surface area (Å²) in [7, 11) is -2.92. The summed E-state index contributed by atoms with van der Waals surface area (Å²) in [5, 5.41) is 13.6. The third-order valence-corrected chi connectivity index (χ3v) is 3.35. The third-order valence-electron chi connectivity index (χ3n) is 2.32. The number of hydrogen-bond donors (Lipinski definition) is 1. The van der Waals surface area contributed by atoms with E-state index in [2.05, 4.69) is 5.32 Å². The van der Waals surface area contributed by atoms with Gasteiger partial charge in [-0.15, -0.1) is 0 Å². The van der Waals surface area contributed by atoms with Crippen LogP contribution in [0.3, 0.4) is 0 Å². The van der Waals surface area contributed by atoms with Crippen molar-refractivity contribution in [1.82, 2.24) is 5.32 Å². The highest BCUT2D eigenvalue weighted by Gasteiger charge is 2.05. The van der Waals surface area contributed by atoms with Crippen molar-refractivity contribution in [1.29, 1.82) is 0 Å². The molecule has 0 aromatic heterocycles. The van der Waals surface area contributed by atoms with Gasteiger partial charge in [-0.3, -0.25) is 10.1 Å². The zero-order chi connectivity index (χ0) is 13.6. The molecular weight excluding hydrogens is 256 g/mol. The molecule has 0 aliphatic carbocycles. The smallest absolute Gasteiger partial charge is 0.269 e. The summed E-state index contributed by atoms with van der Waals surface area (Å²) in [5.74, 6) is 0.148. The monoisotopic (exact) mass is 272 g/mol. The number of nitro groups is 1. The van der Waals surface area contributed by atoms with Crippen LogP contribution in [0.2, 0.25) is 0 Å². The Kier molecular flexibility index (Phi) is 5.24. The maximum absolute atomic E-state index is 10.9. The highest BCUT2D eigenvalue weighted by Crippen LogP contribution is 2.12. The first kappa shape index (κ1) is 14.6. The van der Waals surface area contributed by atoms with E-state index >= 15 is 0 Å². The van der Waals surface area contributed by atoms with E-state index in [1.807, 2.05) is 0 Å². The van der Waals surface area contributed by atoms with Gasteiger partial charge in [0, 0.05) is 24.9 Å². The molecule has 0 aliphatic heterocycles. The molecule has 0 bridgehead atoms. The Bertz CT molecular complexity index is 514. The predicted molar refractivity (Wildman–Crippen MR) is 69.1 cm³/mol. The molecular formula is C11H16N2O4S. The molecule has 0 spiro atoms. The van der Waals surface area contributed by atoms with Crippen LogP contribution in [-0.2, 0) is 16.4 Å². The predicted octanol–water partition coefficient (Wildman–Crippen LogP) is 1.12. The molecule has 1 aromatic carbocycles. The zero-order valence-corrected chi connectivity index (χ0v) is 10.9. The SMILES string of the molecule is CS(=O)(=O)CCCNCc1cccc([N+](=O)[O-])c1. The number of nitro benzene ring substituents is 1. The normalized spacial score (nSPS) is 11.4. The molecule has 0 saturated heterocycles. The highest BCUT2D eigenvalue weighted by molar-refractivity contribution is 7.90. The first-order valence-corrected chi connectivity index (χ1v) is 7.56. The Morgan fingerprint density at radius 1 is 1.39 bits per heavy atom. The summed E-state index contributed by atoms with van der Waals surface area (Å²) in [4.78, 5) is 10.1. The van der Waals surface area contributed by atoms with Crippen molar-refractivity contribution in [3.63, 3.8) is 0 Å². The fraction of sp³-hybridized carbons (Fsp3) is 0.455. The molecule has 18 heavy (non-hydrogen) atoms. The molecule has 100 valence electrons. The van der Waals surface area contributed by atoms with Gasteiger partial charge in [-0.2, -0.15) is 0 Å². The second kappa shape index (κ2) is 6.46. The summed E-state index contributed by atoms with van der Waals surface area (Å²) in [6, 6.07) is 6.36. The van der Waals surface area contributed by atoms with Gasteiger partial charge < -0.3 is 5.32 Å². The molecule has 0 fully saturated rings. The molecule has 1 N–H and O–H groups in total. The van der Waals surface area contributed by atoms with Gasteiger partial charge in [-0.25, -0.2) is 8.42 Å². The molecule has 0 atom stereocenters. The third kappa shape index (κ3) is 5.74. The lowest BCUT2D eigenvalue weighted by molar-refractivity contribution is -0.384. The van der Waals surface area contributed by atoms with Crippen molar-refractivity contribution in [3.8, 4) is 0 Å². The largest absolute Gasteiger partial charge is 0.313 e. The van der Waals surface area contributed by atoms with Crippen molar-refractivity contribution < 1.29 is 13.3 Å². The minimum Gasteiger partial charge on any atom is -0.313 e. The van der Waals surface area contributed by atoms with Gasteiger partial charge in [0.1, 0.15) is 9.84 Å². The van der Waals surface area contributed by atoms with Crippen LogP contribution in [0.1, 0.15) is 12.0 Å². The van der Waals surface area contributed by atoms with Crippen LogP contribution < -0.4 is 5.32 Å². The number of nitrogens with zero attached hydrogens (tertiary/aromatic N) is 1. The highest BCUT2D eigenvalue weighted by atomic mass is 32.2. The molecule has 1 aromatic rings. The number of non-ortho nitro benzene ring substituents is 1. The number of hydrogen-bond acceptors (Lipinski definition) is 5. The standard InChI is InChI=1S/C11H16N2O4S/c1-18(16,17)7-3-6-12-9-10-4-2-5-11(8-10)13(14)15/h2,4-5,8,12H,3,6-7,9H2,1H3. The molecule has 0 aliphatic rings. The Balaban J connectivity index is 2.36. The average molecular weight is 272 g/mol. The first-order chi connectivity index (χ1) is 8.38. The van der Waals surface area contributed by atoms with Crippen LogP contribution in [0.15, 0.2) is 24.3 Å². The summed E-state index contributed by atoms with van der Waals surface area (Å²) in [6.07, 6.45) is 1.74. The average Bonchev–Trinajstić information content (AvgIpc) is 2.27. The van der Waals surface area contributed by atoms with Gasteiger partial charge in [0.15, 0.2) is 0 Å². The molecule has 7 heteroatoms. The van der Waals surface area contributed by atoms with Gasteiger partial charge in [0.2, 0.25) is 0 Å². The number of rotatable bonds is 7. The van der Waals surface area contributed by atoms with E-state index in [4.69, 9.17) is 0 Å². The summed E-state index contributed by atoms with van der Waals surface area (Å²) in [6.45, 7) is 1.06. The van der Waals surface area contributed by atoms with E-state index in [1.54, 1.807) is 12.1 Å². The fourth-order valence-electron chi connectivity index (χ4n) is 1.47. The summed E-state index contributed by atoms with van der Waals surface area (Å²) < 4.78 is 21.8. The van der Waals surface area contributed by atoms with E-state index in [0.717, 1.165) is 5.56 Å². The molecule has 1 rings (SSSR count). The van der Waals surface area contributed by atoms with Crippen molar-refractivity contribution in [2.75, 3.05) is 18.6 Å². The molecule has 0 saturated carbocycles. The number of nitrogens with one attached hydrogen (secondary N) is 1. The van der Waals surface area contributed by atoms with Crippen molar-refractivity contribution in [2.45, 2.75) is 13.0 Å². The van der Waals surface area contributed by atoms with Crippen LogP contribution in [0.25, 0.3) is 0 Å². The summed E-state index contributed by atoms with van der Waals surface area (Å²) >= 11 is 0. The van der Waals surface area contributed by atoms with Crippen LogP contribution in [-0.4, -0.2) is 31.9 Å². The molecule has 0 unspecified atom stereocenters. The minimum atomic E-state index is -2.92. The van der Waals surface area contributed by atoms with Crippen LogP contribution in [0, 0.1) is 10.1 Å². The lowest BCUT2D eigenvalue weighted by Crippen LogP contribution is -2.17. The van der Waals surface area contributed by atoms with Gasteiger partial charge in [-0.05, 0) is 18.5 Å². The maximum Gasteiger partial charge on any atom is 0.269 e. The van der Waals surface area contributed by atoms with Gasteiger partial charge in [-0.1, -0.05) is 12.1 Å². The van der Waals surface area contributed by atoms with Crippen LogP contribution in [0.5, 0.6) is 0 Å². The Morgan fingerprint density at radius 3 is 2.72 bits per heavy atom. The van der Waals surface area contributed by atoms with Gasteiger partial charge in [0.05, 0.1) is 10.7 Å². The Hall–Kier alpha value is -1.47. The van der Waals surface area contributed by atoms with E-state index in [1.165, 1.54) is 18.4 Å². The Morgan fingerprint density at radius 2 is 2.11 bits per heavy atom. The molecule has 0 heterocycles. The van der Waals surface area contributed by atoms with E-state index < -0.39 is 14.8 Å². The second-order valence-corrected chi connectivity index (χ2v) is 6.35. The van der Waals surface area contributed by atoms with E-state index in [9.17, 15) is 18.5 Å². The molecule has 0 radical (unpaired) electrons. The Labute approximate surface area is 106 Å². The summed E-state index contributed by atoms with van der Waals surface area (Å²) in [5.41, 5.74) is 0.869. The topological polar surface area (TPSA) is 89.3 Å². The van der Waals surface area contributed by atoms with Gasteiger partial charge >= 0.3 is 0 Å². The lowest BCUT2D eigenvalue weighted by atomic mass is 10.2. The van der Waals surface area contributed by atoms with Gasteiger partial charge in [0.25, 0.3) is 5.69 Å². The minimum absolute atomic E-state index is 0.0606. The zero-order valence-electron chi connectivity index (χ0n) is 10.1. The van der Waals surface area contributed by atoms with Crippen LogP contribution in [0.4, 0.5) is 5.69 Å². The number of sulfone groups is 1.